The first-order valence-corrected chi connectivity index (χ1v) is 9.52. The van der Waals surface area contributed by atoms with Crippen molar-refractivity contribution in [1.29, 1.82) is 0 Å². The van der Waals surface area contributed by atoms with Gasteiger partial charge in [-0.3, -0.25) is 9.69 Å². The predicted octanol–water partition coefficient (Wildman–Crippen LogP) is 3.53. The van der Waals surface area contributed by atoms with E-state index in [1.165, 1.54) is 5.56 Å². The van der Waals surface area contributed by atoms with Crippen LogP contribution in [0.1, 0.15) is 33.1 Å². The van der Waals surface area contributed by atoms with Crippen molar-refractivity contribution in [3.8, 4) is 11.5 Å². The predicted molar refractivity (Wildman–Crippen MR) is 111 cm³/mol. The minimum Gasteiger partial charge on any atom is -0.493 e. The number of ether oxygens (including phenoxy) is 2. The van der Waals surface area contributed by atoms with E-state index in [0.29, 0.717) is 17.9 Å². The highest BCUT2D eigenvalue weighted by molar-refractivity contribution is 5.94. The van der Waals surface area contributed by atoms with Gasteiger partial charge in [-0.2, -0.15) is 0 Å². The third-order valence-electron chi connectivity index (χ3n) is 5.25. The number of nitrogens with one attached hydrogen (secondary N) is 1. The van der Waals surface area contributed by atoms with Crippen LogP contribution in [0.25, 0.3) is 0 Å². The Morgan fingerprint density at radius 2 is 1.89 bits per heavy atom. The molecule has 0 saturated heterocycles. The number of hydrogen-bond donors (Lipinski definition) is 1. The third-order valence-corrected chi connectivity index (χ3v) is 5.25. The summed E-state index contributed by atoms with van der Waals surface area (Å²) in [6, 6.07) is 11.7. The first-order valence-electron chi connectivity index (χ1n) is 9.52. The molecule has 0 radical (unpaired) electrons. The molecule has 28 heavy (non-hydrogen) atoms. The Bertz CT molecular complexity index is 846. The van der Waals surface area contributed by atoms with E-state index in [-0.39, 0.29) is 11.9 Å². The summed E-state index contributed by atoms with van der Waals surface area (Å²) in [6.07, 6.45) is 2.83. The highest BCUT2D eigenvalue weighted by Gasteiger charge is 2.28. The molecule has 1 aliphatic rings. The molecule has 1 N–H and O–H groups in total. The van der Waals surface area contributed by atoms with Gasteiger partial charge in [0.25, 0.3) is 5.91 Å². The number of nitrogens with zero attached hydrogens (tertiary/aromatic N) is 1. The zero-order valence-electron chi connectivity index (χ0n) is 16.8. The second kappa shape index (κ2) is 8.93. The molecule has 0 fully saturated rings. The number of benzene rings is 2. The maximum atomic E-state index is 12.6. The summed E-state index contributed by atoms with van der Waals surface area (Å²) in [7, 11) is 3.29. The largest absolute Gasteiger partial charge is 0.493 e. The van der Waals surface area contributed by atoms with E-state index in [0.717, 1.165) is 36.4 Å². The van der Waals surface area contributed by atoms with Crippen LogP contribution >= 0.6 is 0 Å². The van der Waals surface area contributed by atoms with Crippen LogP contribution in [0.2, 0.25) is 0 Å². The Labute approximate surface area is 167 Å². The van der Waals surface area contributed by atoms with Crippen LogP contribution < -0.4 is 14.8 Å². The Balaban J connectivity index is 1.85. The van der Waals surface area contributed by atoms with Crippen molar-refractivity contribution in [3.05, 3.63) is 71.3 Å². The lowest BCUT2D eigenvalue weighted by Gasteiger charge is -2.37. The van der Waals surface area contributed by atoms with Gasteiger partial charge in [-0.05, 0) is 48.7 Å². The molecule has 1 aliphatic heterocycles. The molecule has 5 nitrogen and oxygen atoms in total. The Morgan fingerprint density at radius 1 is 1.21 bits per heavy atom. The molecular weight excluding hydrogens is 352 g/mol. The summed E-state index contributed by atoms with van der Waals surface area (Å²) in [5.41, 5.74) is 4.20. The first kappa shape index (κ1) is 20.0. The minimum absolute atomic E-state index is 0.0518. The lowest BCUT2D eigenvalue weighted by Crippen LogP contribution is -2.42. The van der Waals surface area contributed by atoms with Crippen molar-refractivity contribution in [2.24, 2.45) is 0 Å². The van der Waals surface area contributed by atoms with Gasteiger partial charge in [0.2, 0.25) is 0 Å². The second-order valence-corrected chi connectivity index (χ2v) is 7.03. The zero-order valence-corrected chi connectivity index (χ0v) is 16.8. The van der Waals surface area contributed by atoms with E-state index in [9.17, 15) is 4.79 Å². The van der Waals surface area contributed by atoms with Gasteiger partial charge in [0.05, 0.1) is 20.3 Å². The van der Waals surface area contributed by atoms with Gasteiger partial charge < -0.3 is 14.8 Å². The molecule has 3 rings (SSSR count). The standard InChI is InChI=1S/C23H28N2O3/c1-5-11-25-12-10-18-13-21(27-3)22(28-4)14-19(18)20(25)15-24-23(26)17-8-6-16(2)7-9-17/h5-9,13-14,20H,1,10-12,15H2,2-4H3,(H,24,26)/t20-/m1/s1. The number of hydrogen-bond acceptors (Lipinski definition) is 4. The van der Waals surface area contributed by atoms with Gasteiger partial charge in [0, 0.05) is 25.2 Å². The smallest absolute Gasteiger partial charge is 0.251 e. The van der Waals surface area contributed by atoms with Gasteiger partial charge in [0.15, 0.2) is 11.5 Å². The summed E-state index contributed by atoms with van der Waals surface area (Å²) >= 11 is 0. The topological polar surface area (TPSA) is 50.8 Å². The molecular formula is C23H28N2O3. The fourth-order valence-electron chi connectivity index (χ4n) is 3.70. The molecule has 0 saturated carbocycles. The monoisotopic (exact) mass is 380 g/mol. The number of aryl methyl sites for hydroxylation is 1. The zero-order chi connectivity index (χ0) is 20.1. The van der Waals surface area contributed by atoms with Gasteiger partial charge in [-0.25, -0.2) is 0 Å². The first-order chi connectivity index (χ1) is 13.6. The van der Waals surface area contributed by atoms with Crippen molar-refractivity contribution < 1.29 is 14.3 Å². The summed E-state index contributed by atoms with van der Waals surface area (Å²) in [5.74, 6) is 1.38. The fraction of sp³-hybridized carbons (Fsp3) is 0.348. The van der Waals surface area contributed by atoms with Crippen LogP contribution in [0, 0.1) is 6.92 Å². The molecule has 0 aromatic heterocycles. The van der Waals surface area contributed by atoms with Crippen LogP contribution in [-0.2, 0) is 6.42 Å². The van der Waals surface area contributed by atoms with Gasteiger partial charge in [-0.1, -0.05) is 23.8 Å². The maximum Gasteiger partial charge on any atom is 0.251 e. The van der Waals surface area contributed by atoms with Crippen molar-refractivity contribution in [1.82, 2.24) is 10.2 Å². The molecule has 0 aliphatic carbocycles. The Kier molecular flexibility index (Phi) is 6.37. The normalized spacial score (nSPS) is 16.2. The summed E-state index contributed by atoms with van der Waals surface area (Å²) < 4.78 is 11.0. The lowest BCUT2D eigenvalue weighted by molar-refractivity contribution is 0.0932. The van der Waals surface area contributed by atoms with E-state index in [2.05, 4.69) is 16.8 Å². The summed E-state index contributed by atoms with van der Waals surface area (Å²) in [5, 5.41) is 3.10. The van der Waals surface area contributed by atoms with Crippen molar-refractivity contribution >= 4 is 5.91 Å². The summed E-state index contributed by atoms with van der Waals surface area (Å²) in [4.78, 5) is 14.9. The van der Waals surface area contributed by atoms with Crippen LogP contribution in [-0.4, -0.2) is 44.7 Å². The van der Waals surface area contributed by atoms with E-state index in [1.807, 2.05) is 49.4 Å². The Morgan fingerprint density at radius 3 is 2.54 bits per heavy atom. The van der Waals surface area contributed by atoms with Crippen LogP contribution in [0.4, 0.5) is 0 Å². The highest BCUT2D eigenvalue weighted by atomic mass is 16.5. The molecule has 2 aromatic rings. The number of carbonyl (C=O) groups excluding carboxylic acids is 1. The second-order valence-electron chi connectivity index (χ2n) is 7.03. The molecule has 0 bridgehead atoms. The average Bonchev–Trinajstić information content (AvgIpc) is 2.72. The van der Waals surface area contributed by atoms with Crippen molar-refractivity contribution in [2.45, 2.75) is 19.4 Å². The van der Waals surface area contributed by atoms with Gasteiger partial charge in [-0.15, -0.1) is 6.58 Å². The van der Waals surface area contributed by atoms with Crippen LogP contribution in [0.5, 0.6) is 11.5 Å². The van der Waals surface area contributed by atoms with Crippen LogP contribution in [0.15, 0.2) is 49.1 Å². The Hall–Kier alpha value is -2.79. The van der Waals surface area contributed by atoms with Crippen LogP contribution in [0.3, 0.4) is 0 Å². The molecule has 0 spiro atoms. The maximum absolute atomic E-state index is 12.6. The molecule has 0 unspecified atom stereocenters. The average molecular weight is 380 g/mol. The van der Waals surface area contributed by atoms with E-state index < -0.39 is 0 Å². The van der Waals surface area contributed by atoms with Gasteiger partial charge in [0.1, 0.15) is 0 Å². The number of rotatable bonds is 7. The van der Waals surface area contributed by atoms with E-state index >= 15 is 0 Å². The quantitative estimate of drug-likeness (QED) is 0.747. The molecule has 5 heteroatoms. The third kappa shape index (κ3) is 4.20. The van der Waals surface area contributed by atoms with E-state index in [1.54, 1.807) is 14.2 Å². The summed E-state index contributed by atoms with van der Waals surface area (Å²) in [6.45, 7) is 8.08. The number of fused-ring (bicyclic) bond motifs is 1. The molecule has 1 amide bonds. The minimum atomic E-state index is -0.0637. The number of methoxy groups -OCH3 is 2. The van der Waals surface area contributed by atoms with E-state index in [4.69, 9.17) is 9.47 Å². The number of amides is 1. The molecule has 1 heterocycles. The lowest BCUT2D eigenvalue weighted by atomic mass is 9.91. The molecule has 2 aromatic carbocycles. The van der Waals surface area contributed by atoms with Gasteiger partial charge >= 0.3 is 0 Å². The van der Waals surface area contributed by atoms with Crippen molar-refractivity contribution in [3.63, 3.8) is 0 Å². The fourth-order valence-corrected chi connectivity index (χ4v) is 3.70. The molecule has 148 valence electrons. The highest BCUT2D eigenvalue weighted by Crippen LogP contribution is 2.37. The van der Waals surface area contributed by atoms with Crippen molar-refractivity contribution in [2.75, 3.05) is 33.9 Å². The number of carbonyl (C=O) groups is 1. The molecule has 1 atom stereocenters. The SMILES string of the molecule is C=CCN1CCc2cc(OC)c(OC)cc2[C@H]1CNC(=O)c1ccc(C)cc1.